The molecule has 1 heterocycles. The van der Waals surface area contributed by atoms with Gasteiger partial charge >= 0.3 is 12.1 Å². The first kappa shape index (κ1) is 39.0. The van der Waals surface area contributed by atoms with Gasteiger partial charge in [-0.15, -0.1) is 0 Å². The maximum atomic E-state index is 12.9. The molecule has 2 atom stereocenters. The molecule has 50 heavy (non-hydrogen) atoms. The van der Waals surface area contributed by atoms with Crippen LogP contribution in [0.25, 0.3) is 4.85 Å². The summed E-state index contributed by atoms with van der Waals surface area (Å²) in [4.78, 5) is 17.8. The third-order valence-corrected chi connectivity index (χ3v) is 9.30. The van der Waals surface area contributed by atoms with Gasteiger partial charge in [-0.25, -0.2) is 6.57 Å². The van der Waals surface area contributed by atoms with Crippen LogP contribution in [-0.2, 0) is 28.9 Å². The number of halogens is 3. The van der Waals surface area contributed by atoms with E-state index in [1.165, 1.54) is 0 Å². The second kappa shape index (κ2) is 19.0. The summed E-state index contributed by atoms with van der Waals surface area (Å²) in [7, 11) is 1.92. The Bertz CT molecular complexity index is 1450. The monoisotopic (exact) mass is 717 g/mol. The second-order valence-corrected chi connectivity index (χ2v) is 12.8. The highest BCUT2D eigenvalue weighted by atomic mass is 31.2. The molecule has 0 aromatic heterocycles. The Hall–Kier alpha value is -3.76. The highest BCUT2D eigenvalue weighted by Gasteiger charge is 2.43. The van der Waals surface area contributed by atoms with E-state index in [0.717, 1.165) is 21.6 Å². The summed E-state index contributed by atoms with van der Waals surface area (Å²) in [6.45, 7) is 10.7. The summed E-state index contributed by atoms with van der Waals surface area (Å²) in [6, 6.07) is 25.2. The van der Waals surface area contributed by atoms with Crippen molar-refractivity contribution >= 4 is 14.3 Å². The molecule has 10 nitrogen and oxygen atoms in total. The molecule has 1 aliphatic rings. The van der Waals surface area contributed by atoms with E-state index in [2.05, 4.69) is 4.85 Å². The van der Waals surface area contributed by atoms with Crippen molar-refractivity contribution in [1.29, 1.82) is 0 Å². The summed E-state index contributed by atoms with van der Waals surface area (Å²) in [5.74, 6) is -0.426. The summed E-state index contributed by atoms with van der Waals surface area (Å²) >= 11 is 0. The number of hydrogen-bond acceptors (Lipinski definition) is 8. The van der Waals surface area contributed by atoms with Gasteiger partial charge in [-0.05, 0) is 41.0 Å². The Morgan fingerprint density at radius 1 is 0.820 bits per heavy atom. The number of carbonyl (C=O) groups excluding carboxylic acids is 1. The first-order valence-corrected chi connectivity index (χ1v) is 17.7. The number of methoxy groups -OCH3 is 2. The van der Waals surface area contributed by atoms with Crippen LogP contribution in [0.15, 0.2) is 78.9 Å². The van der Waals surface area contributed by atoms with Gasteiger partial charge in [-0.2, -0.15) is 13.2 Å². The molecule has 0 spiro atoms. The van der Waals surface area contributed by atoms with E-state index in [4.69, 9.17) is 34.6 Å². The van der Waals surface area contributed by atoms with E-state index < -0.39 is 32.2 Å². The van der Waals surface area contributed by atoms with E-state index in [9.17, 15) is 18.0 Å². The van der Waals surface area contributed by atoms with Crippen LogP contribution in [0.3, 0.4) is 0 Å². The molecule has 1 aliphatic heterocycles. The highest BCUT2D eigenvalue weighted by Crippen LogP contribution is 2.42. The maximum Gasteiger partial charge on any atom is 0.471 e. The second-order valence-electron chi connectivity index (χ2n) is 11.4. The topological polar surface area (TPSA) is 83.3 Å². The van der Waals surface area contributed by atoms with Crippen LogP contribution in [0.1, 0.15) is 16.7 Å². The molecule has 270 valence electrons. The number of benzene rings is 3. The summed E-state index contributed by atoms with van der Waals surface area (Å²) in [5.41, 5.74) is 1.48. The largest absolute Gasteiger partial charge is 0.497 e. The molecule has 3 aromatic rings. The van der Waals surface area contributed by atoms with Gasteiger partial charge in [0.05, 0.1) is 34.0 Å². The molecule has 4 rings (SSSR count). The normalized spacial score (nSPS) is 15.3. The molecule has 1 unspecified atom stereocenters. The van der Waals surface area contributed by atoms with Crippen LogP contribution in [0.2, 0.25) is 0 Å². The van der Waals surface area contributed by atoms with Gasteiger partial charge in [0.25, 0.3) is 0 Å². The van der Waals surface area contributed by atoms with E-state index in [1.807, 2.05) is 90.4 Å². The lowest BCUT2D eigenvalue weighted by molar-refractivity contribution is -0.187. The summed E-state index contributed by atoms with van der Waals surface area (Å²) < 4.78 is 74.7. The first-order valence-electron chi connectivity index (χ1n) is 16.1. The summed E-state index contributed by atoms with van der Waals surface area (Å²) in [5, 5.41) is 0. The van der Waals surface area contributed by atoms with Crippen molar-refractivity contribution in [1.82, 2.24) is 9.80 Å². The smallest absolute Gasteiger partial charge is 0.471 e. The quantitative estimate of drug-likeness (QED) is 0.0687. The van der Waals surface area contributed by atoms with Gasteiger partial charge in [0.1, 0.15) is 29.8 Å². The molecule has 0 saturated carbocycles. The highest BCUT2D eigenvalue weighted by molar-refractivity contribution is 7.46. The van der Waals surface area contributed by atoms with Gasteiger partial charge < -0.3 is 37.7 Å². The van der Waals surface area contributed by atoms with Gasteiger partial charge in [-0.1, -0.05) is 54.6 Å². The Balaban J connectivity index is 1.56. The maximum absolute atomic E-state index is 12.9. The predicted molar refractivity (Wildman–Crippen MR) is 183 cm³/mol. The molecular formula is C36H43F3N3O7P. The third kappa shape index (κ3) is 10.6. The van der Waals surface area contributed by atoms with Crippen LogP contribution in [0, 0.1) is 6.57 Å². The molecule has 0 N–H and O–H groups in total. The molecular weight excluding hydrogens is 674 g/mol. The van der Waals surface area contributed by atoms with Crippen molar-refractivity contribution in [3.63, 3.8) is 0 Å². The molecule has 1 amide bonds. The van der Waals surface area contributed by atoms with Crippen LogP contribution < -0.4 is 9.47 Å². The van der Waals surface area contributed by atoms with Gasteiger partial charge in [0.15, 0.2) is 8.38 Å². The number of hydrogen-bond donors (Lipinski definition) is 0. The van der Waals surface area contributed by atoms with Crippen LogP contribution >= 0.6 is 8.38 Å². The standard InChI is InChI=1S/C36H43F3N3O7P/c1-40-18-24-48-50(4)49-27-33(46-25-23-41-19-21-42(22-20-41)34(43)36(37,38)39)26-47-35(28-8-6-5-7-9-28,29-10-14-31(44-2)15-11-29)30-12-16-32(45-3)17-13-30/h5-17,33H,18-27H2,2-4H3/t33-,50?/m0/s1. The fraction of sp³-hybridized carbons (Fsp3) is 0.444. The van der Waals surface area contributed by atoms with Crippen LogP contribution in [-0.4, -0.2) is 115 Å². The molecule has 0 bridgehead atoms. The average Bonchev–Trinajstić information content (AvgIpc) is 3.14. The Morgan fingerprint density at radius 3 is 1.90 bits per heavy atom. The van der Waals surface area contributed by atoms with Crippen molar-refractivity contribution in [3.8, 4) is 11.5 Å². The summed E-state index contributed by atoms with van der Waals surface area (Å²) in [6.07, 6.45) is -5.46. The SMILES string of the molecule is [C-]#[N+]CCOP(C)OC[C@H](COC(c1ccccc1)(c1ccc(OC)cc1)c1ccc(OC)cc1)OCCN1CCN(C(=O)C(F)(F)F)CC1. The van der Waals surface area contributed by atoms with E-state index in [0.29, 0.717) is 31.1 Å². The van der Waals surface area contributed by atoms with Gasteiger partial charge in [0.2, 0.25) is 6.54 Å². The zero-order valence-corrected chi connectivity index (χ0v) is 29.3. The number of piperazine rings is 1. The van der Waals surface area contributed by atoms with Crippen LogP contribution in [0.5, 0.6) is 11.5 Å². The minimum Gasteiger partial charge on any atom is -0.497 e. The van der Waals surface area contributed by atoms with Crippen molar-refractivity contribution in [2.24, 2.45) is 0 Å². The van der Waals surface area contributed by atoms with Crippen molar-refractivity contribution in [3.05, 3.63) is 107 Å². The predicted octanol–water partition coefficient (Wildman–Crippen LogP) is 6.00. The number of nitrogens with zero attached hydrogens (tertiary/aromatic N) is 3. The minimum atomic E-state index is -4.89. The van der Waals surface area contributed by atoms with Gasteiger partial charge in [0, 0.05) is 39.4 Å². The molecule has 1 saturated heterocycles. The number of ether oxygens (including phenoxy) is 4. The minimum absolute atomic E-state index is 0.0145. The Kier molecular flexibility index (Phi) is 14.8. The number of alkyl halides is 3. The first-order chi connectivity index (χ1) is 24.1. The Morgan fingerprint density at radius 2 is 1.38 bits per heavy atom. The fourth-order valence-electron chi connectivity index (χ4n) is 5.58. The molecule has 1 fully saturated rings. The fourth-order valence-corrected chi connectivity index (χ4v) is 6.37. The third-order valence-electron chi connectivity index (χ3n) is 8.24. The number of amides is 1. The molecule has 0 radical (unpaired) electrons. The number of carbonyl (C=O) groups is 1. The molecule has 3 aromatic carbocycles. The van der Waals surface area contributed by atoms with Crippen molar-refractivity contribution < 1.29 is 46.0 Å². The van der Waals surface area contributed by atoms with Crippen molar-refractivity contribution in [2.75, 3.05) is 86.6 Å². The lowest BCUT2D eigenvalue weighted by atomic mass is 9.80. The van der Waals surface area contributed by atoms with E-state index in [1.54, 1.807) is 14.2 Å². The Labute approximate surface area is 292 Å². The van der Waals surface area contributed by atoms with Gasteiger partial charge in [-0.3, -0.25) is 9.69 Å². The van der Waals surface area contributed by atoms with Crippen LogP contribution in [0.4, 0.5) is 13.2 Å². The number of rotatable bonds is 18. The van der Waals surface area contributed by atoms with Crippen molar-refractivity contribution in [2.45, 2.75) is 17.9 Å². The average molecular weight is 718 g/mol. The lowest BCUT2D eigenvalue weighted by Gasteiger charge is -2.37. The van der Waals surface area contributed by atoms with E-state index in [-0.39, 0.29) is 46.1 Å². The molecule has 0 aliphatic carbocycles. The molecule has 14 heteroatoms. The zero-order chi connectivity index (χ0) is 36.0. The zero-order valence-electron chi connectivity index (χ0n) is 28.4. The lowest BCUT2D eigenvalue weighted by Crippen LogP contribution is -2.52. The van der Waals surface area contributed by atoms with E-state index >= 15 is 0 Å².